The largest absolute Gasteiger partial charge is 0.339 e. The van der Waals surface area contributed by atoms with Gasteiger partial charge in [0.25, 0.3) is 5.91 Å². The van der Waals surface area contributed by atoms with E-state index < -0.39 is 0 Å². The second-order valence-corrected chi connectivity index (χ2v) is 7.73. The number of hydrogen-bond donors (Lipinski definition) is 1. The third-order valence-electron chi connectivity index (χ3n) is 4.70. The summed E-state index contributed by atoms with van der Waals surface area (Å²) in [5.74, 6) is 1.05. The summed E-state index contributed by atoms with van der Waals surface area (Å²) in [7, 11) is 0. The summed E-state index contributed by atoms with van der Waals surface area (Å²) in [5.41, 5.74) is 1.53. The van der Waals surface area contributed by atoms with Crippen molar-refractivity contribution in [3.8, 4) is 11.4 Å². The van der Waals surface area contributed by atoms with Crippen LogP contribution in [0.1, 0.15) is 41.2 Å². The highest BCUT2D eigenvalue weighted by molar-refractivity contribution is 7.12. The van der Waals surface area contributed by atoms with Crippen LogP contribution in [0.2, 0.25) is 0 Å². The first-order valence-electron chi connectivity index (χ1n) is 9.14. The van der Waals surface area contributed by atoms with Crippen LogP contribution in [0, 0.1) is 0 Å². The molecule has 2 aromatic heterocycles. The van der Waals surface area contributed by atoms with Crippen molar-refractivity contribution in [2.75, 3.05) is 18.4 Å². The van der Waals surface area contributed by atoms with Crippen LogP contribution >= 0.6 is 11.3 Å². The highest BCUT2D eigenvalue weighted by atomic mass is 32.1. The lowest BCUT2D eigenvalue weighted by molar-refractivity contribution is -0.114. The second kappa shape index (κ2) is 7.93. The minimum atomic E-state index is -0.117. The molecular weight excluding hydrogens is 376 g/mol. The Morgan fingerprint density at radius 1 is 1.25 bits per heavy atom. The lowest BCUT2D eigenvalue weighted by Gasteiger charge is -2.30. The van der Waals surface area contributed by atoms with Gasteiger partial charge in [0.2, 0.25) is 17.6 Å². The normalized spacial score (nSPS) is 16.8. The lowest BCUT2D eigenvalue weighted by atomic mass is 9.98. The highest BCUT2D eigenvalue weighted by Gasteiger charge is 2.29. The Morgan fingerprint density at radius 3 is 2.79 bits per heavy atom. The van der Waals surface area contributed by atoms with Crippen molar-refractivity contribution in [1.82, 2.24) is 15.0 Å². The third-order valence-corrected chi connectivity index (χ3v) is 5.55. The van der Waals surface area contributed by atoms with Crippen molar-refractivity contribution >= 4 is 28.8 Å². The van der Waals surface area contributed by atoms with E-state index in [2.05, 4.69) is 15.5 Å². The maximum Gasteiger partial charge on any atom is 0.263 e. The Kier molecular flexibility index (Phi) is 5.21. The van der Waals surface area contributed by atoms with Crippen LogP contribution in [-0.2, 0) is 4.79 Å². The van der Waals surface area contributed by atoms with E-state index >= 15 is 0 Å². The molecule has 3 aromatic rings. The van der Waals surface area contributed by atoms with E-state index in [9.17, 15) is 9.59 Å². The Balaban J connectivity index is 1.46. The summed E-state index contributed by atoms with van der Waals surface area (Å²) in [6, 6.07) is 11.0. The molecule has 3 heterocycles. The van der Waals surface area contributed by atoms with Crippen LogP contribution in [0.3, 0.4) is 0 Å². The minimum absolute atomic E-state index is 0.0394. The SMILES string of the molecule is CC(=O)Nc1ccc(-c2noc([C@@H]3CCCN(C(=O)c4cccs4)C3)n2)cc1. The zero-order chi connectivity index (χ0) is 19.5. The number of carbonyl (C=O) groups is 2. The van der Waals surface area contributed by atoms with Crippen molar-refractivity contribution in [2.24, 2.45) is 0 Å². The predicted octanol–water partition coefficient (Wildman–Crippen LogP) is 3.78. The topological polar surface area (TPSA) is 88.3 Å². The van der Waals surface area contributed by atoms with Crippen LogP contribution in [0.25, 0.3) is 11.4 Å². The first-order chi connectivity index (χ1) is 13.6. The molecule has 28 heavy (non-hydrogen) atoms. The number of hydrogen-bond acceptors (Lipinski definition) is 6. The predicted molar refractivity (Wildman–Crippen MR) is 106 cm³/mol. The van der Waals surface area contributed by atoms with Gasteiger partial charge in [0, 0.05) is 31.3 Å². The molecule has 0 unspecified atom stereocenters. The number of carbonyl (C=O) groups excluding carboxylic acids is 2. The molecule has 0 radical (unpaired) electrons. The van der Waals surface area contributed by atoms with Gasteiger partial charge in [-0.05, 0) is 48.6 Å². The minimum Gasteiger partial charge on any atom is -0.339 e. The fourth-order valence-corrected chi connectivity index (χ4v) is 4.03. The van der Waals surface area contributed by atoms with Crippen molar-refractivity contribution < 1.29 is 14.1 Å². The number of nitrogens with one attached hydrogen (secondary N) is 1. The van der Waals surface area contributed by atoms with Gasteiger partial charge in [0.15, 0.2) is 0 Å². The van der Waals surface area contributed by atoms with Gasteiger partial charge in [-0.1, -0.05) is 11.2 Å². The van der Waals surface area contributed by atoms with Crippen LogP contribution in [0.15, 0.2) is 46.3 Å². The zero-order valence-electron chi connectivity index (χ0n) is 15.4. The monoisotopic (exact) mass is 396 g/mol. The number of likely N-dealkylation sites (tertiary alicyclic amines) is 1. The number of anilines is 1. The summed E-state index contributed by atoms with van der Waals surface area (Å²) < 4.78 is 5.51. The first kappa shape index (κ1) is 18.4. The third kappa shape index (κ3) is 3.96. The highest BCUT2D eigenvalue weighted by Crippen LogP contribution is 2.29. The molecule has 0 bridgehead atoms. The molecule has 1 aliphatic rings. The maximum atomic E-state index is 12.6. The van der Waals surface area contributed by atoms with Gasteiger partial charge in [-0.25, -0.2) is 0 Å². The summed E-state index contributed by atoms with van der Waals surface area (Å²) in [4.78, 5) is 30.9. The summed E-state index contributed by atoms with van der Waals surface area (Å²) in [5, 5.41) is 8.74. The average Bonchev–Trinajstić information content (AvgIpc) is 3.40. The number of thiophene rings is 1. The van der Waals surface area contributed by atoms with E-state index in [0.29, 0.717) is 18.3 Å². The molecule has 7 nitrogen and oxygen atoms in total. The lowest BCUT2D eigenvalue weighted by Crippen LogP contribution is -2.38. The Bertz CT molecular complexity index is 966. The smallest absolute Gasteiger partial charge is 0.263 e. The molecule has 1 aliphatic heterocycles. The van der Waals surface area contributed by atoms with Gasteiger partial charge < -0.3 is 14.7 Å². The molecule has 1 saturated heterocycles. The zero-order valence-corrected chi connectivity index (χ0v) is 16.2. The van der Waals surface area contributed by atoms with Crippen molar-refractivity contribution in [2.45, 2.75) is 25.7 Å². The molecule has 4 rings (SSSR count). The number of rotatable bonds is 4. The average molecular weight is 396 g/mol. The molecule has 0 spiro atoms. The van der Waals surface area contributed by atoms with Crippen molar-refractivity contribution in [1.29, 1.82) is 0 Å². The molecule has 8 heteroatoms. The fraction of sp³-hybridized carbons (Fsp3) is 0.300. The van der Waals surface area contributed by atoms with E-state index in [1.807, 2.05) is 34.5 Å². The van der Waals surface area contributed by atoms with E-state index in [4.69, 9.17) is 4.52 Å². The maximum absolute atomic E-state index is 12.6. The van der Waals surface area contributed by atoms with Gasteiger partial charge >= 0.3 is 0 Å². The summed E-state index contributed by atoms with van der Waals surface area (Å²) >= 11 is 1.46. The van der Waals surface area contributed by atoms with E-state index in [1.165, 1.54) is 18.3 Å². The van der Waals surface area contributed by atoms with Gasteiger partial charge in [-0.2, -0.15) is 4.98 Å². The Morgan fingerprint density at radius 2 is 2.07 bits per heavy atom. The van der Waals surface area contributed by atoms with E-state index in [0.717, 1.165) is 35.5 Å². The molecule has 0 saturated carbocycles. The van der Waals surface area contributed by atoms with Crippen LogP contribution in [0.4, 0.5) is 5.69 Å². The number of amides is 2. The standard InChI is InChI=1S/C20H20N4O3S/c1-13(25)21-16-8-6-14(7-9-16)18-22-19(27-23-18)15-4-2-10-24(12-15)20(26)17-5-3-11-28-17/h3,5-9,11,15H,2,4,10,12H2,1H3,(H,21,25)/t15-/m1/s1. The molecule has 144 valence electrons. The summed E-state index contributed by atoms with van der Waals surface area (Å²) in [6.45, 7) is 2.80. The molecule has 1 fully saturated rings. The molecular formula is C20H20N4O3S. The Labute approximate surface area is 166 Å². The molecule has 2 amide bonds. The van der Waals surface area contributed by atoms with Crippen LogP contribution < -0.4 is 5.32 Å². The first-order valence-corrected chi connectivity index (χ1v) is 10.0. The van der Waals surface area contributed by atoms with Crippen molar-refractivity contribution in [3.05, 3.63) is 52.5 Å². The van der Waals surface area contributed by atoms with Gasteiger partial charge in [-0.3, -0.25) is 9.59 Å². The van der Waals surface area contributed by atoms with Gasteiger partial charge in [0.05, 0.1) is 10.8 Å². The van der Waals surface area contributed by atoms with Gasteiger partial charge in [0.1, 0.15) is 0 Å². The van der Waals surface area contributed by atoms with E-state index in [1.54, 1.807) is 12.1 Å². The molecule has 1 N–H and O–H groups in total. The number of piperidine rings is 1. The number of benzene rings is 1. The van der Waals surface area contributed by atoms with Crippen LogP contribution in [0.5, 0.6) is 0 Å². The quantitative estimate of drug-likeness (QED) is 0.725. The molecule has 1 aromatic carbocycles. The van der Waals surface area contributed by atoms with Crippen molar-refractivity contribution in [3.63, 3.8) is 0 Å². The second-order valence-electron chi connectivity index (χ2n) is 6.78. The number of nitrogens with zero attached hydrogens (tertiary/aromatic N) is 3. The summed E-state index contributed by atoms with van der Waals surface area (Å²) in [6.07, 6.45) is 1.82. The van der Waals surface area contributed by atoms with E-state index in [-0.39, 0.29) is 17.7 Å². The fourth-order valence-electron chi connectivity index (χ4n) is 3.34. The molecule has 0 aliphatic carbocycles. The molecule has 1 atom stereocenters. The van der Waals surface area contributed by atoms with Gasteiger partial charge in [-0.15, -0.1) is 11.3 Å². The number of aromatic nitrogens is 2. The Hall–Kier alpha value is -3.00. The van der Waals surface area contributed by atoms with Crippen LogP contribution in [-0.4, -0.2) is 39.9 Å².